The van der Waals surface area contributed by atoms with Crippen molar-refractivity contribution in [1.82, 2.24) is 15.1 Å². The minimum atomic E-state index is 0.0222. The number of nitrogens with zero attached hydrogens (tertiary/aromatic N) is 2. The smallest absolute Gasteiger partial charge is 0.254 e. The molecule has 1 aromatic heterocycles. The molecule has 0 radical (unpaired) electrons. The molecule has 1 amide bonds. The molecule has 0 bridgehead atoms. The van der Waals surface area contributed by atoms with E-state index in [0.29, 0.717) is 12.0 Å². The zero-order chi connectivity index (χ0) is 15.5. The number of H-pyrrole nitrogens is 1. The van der Waals surface area contributed by atoms with Crippen molar-refractivity contribution in [3.05, 3.63) is 47.3 Å². The van der Waals surface area contributed by atoms with Gasteiger partial charge in [0.15, 0.2) is 0 Å². The molecule has 2 aromatic rings. The van der Waals surface area contributed by atoms with Gasteiger partial charge < -0.3 is 10.0 Å². The summed E-state index contributed by atoms with van der Waals surface area (Å²) in [6.07, 6.45) is 5.52. The van der Waals surface area contributed by atoms with Crippen molar-refractivity contribution in [2.75, 3.05) is 6.54 Å². The monoisotopic (exact) mass is 299 g/mol. The summed E-state index contributed by atoms with van der Waals surface area (Å²) in [6.45, 7) is 2.72. The van der Waals surface area contributed by atoms with Gasteiger partial charge in [-0.05, 0) is 55.5 Å². The van der Waals surface area contributed by atoms with Crippen molar-refractivity contribution in [2.24, 2.45) is 0 Å². The van der Waals surface area contributed by atoms with E-state index in [1.165, 1.54) is 0 Å². The molecule has 1 saturated heterocycles. The molecule has 0 spiro atoms. The predicted octanol–water partition coefficient (Wildman–Crippen LogP) is 3.05. The Morgan fingerprint density at radius 1 is 1.41 bits per heavy atom. The van der Waals surface area contributed by atoms with Crippen LogP contribution in [0.2, 0.25) is 0 Å². The number of aromatic nitrogens is 2. The summed E-state index contributed by atoms with van der Waals surface area (Å²) in [5.74, 6) is 0.275. The first-order valence-electron chi connectivity index (χ1n) is 7.83. The van der Waals surface area contributed by atoms with Crippen molar-refractivity contribution in [2.45, 2.75) is 38.6 Å². The van der Waals surface area contributed by atoms with Gasteiger partial charge in [-0.1, -0.05) is 6.92 Å². The number of aromatic amines is 1. The summed E-state index contributed by atoms with van der Waals surface area (Å²) in [7, 11) is 0. The van der Waals surface area contributed by atoms with Gasteiger partial charge >= 0.3 is 0 Å². The molecule has 3 rings (SSSR count). The Labute approximate surface area is 130 Å². The zero-order valence-corrected chi connectivity index (χ0v) is 12.7. The number of carbonyl (C=O) groups is 1. The van der Waals surface area contributed by atoms with E-state index in [1.807, 2.05) is 17.9 Å². The van der Waals surface area contributed by atoms with Crippen LogP contribution in [-0.4, -0.2) is 32.7 Å². The van der Waals surface area contributed by atoms with Gasteiger partial charge in [-0.25, -0.2) is 0 Å². The summed E-state index contributed by atoms with van der Waals surface area (Å²) >= 11 is 0. The highest BCUT2D eigenvalue weighted by atomic mass is 16.3. The van der Waals surface area contributed by atoms with E-state index < -0.39 is 0 Å². The van der Waals surface area contributed by atoms with E-state index >= 15 is 0 Å². The Balaban J connectivity index is 1.89. The van der Waals surface area contributed by atoms with Crippen LogP contribution in [0, 0.1) is 0 Å². The van der Waals surface area contributed by atoms with Gasteiger partial charge in [-0.3, -0.25) is 9.89 Å². The number of amides is 1. The van der Waals surface area contributed by atoms with Crippen LogP contribution in [0.15, 0.2) is 30.5 Å². The average molecular weight is 299 g/mol. The molecule has 1 aliphatic heterocycles. The van der Waals surface area contributed by atoms with Gasteiger partial charge in [0.1, 0.15) is 5.75 Å². The molecule has 5 heteroatoms. The lowest BCUT2D eigenvalue weighted by atomic mass is 9.97. The lowest BCUT2D eigenvalue weighted by Gasteiger charge is -2.35. The van der Waals surface area contributed by atoms with E-state index in [1.54, 1.807) is 24.4 Å². The van der Waals surface area contributed by atoms with Gasteiger partial charge in [0, 0.05) is 18.3 Å². The molecule has 5 nitrogen and oxygen atoms in total. The second-order valence-corrected chi connectivity index (χ2v) is 5.72. The van der Waals surface area contributed by atoms with Crippen LogP contribution in [0.25, 0.3) is 0 Å². The fourth-order valence-electron chi connectivity index (χ4n) is 3.12. The average Bonchev–Trinajstić information content (AvgIpc) is 3.09. The SMILES string of the molecule is CCc1cc(C(=O)N2CCCCC2c2ccn[nH]2)ccc1O. The highest BCUT2D eigenvalue weighted by Gasteiger charge is 2.29. The molecule has 1 unspecified atom stereocenters. The molecular formula is C17H21N3O2. The second-order valence-electron chi connectivity index (χ2n) is 5.72. The van der Waals surface area contributed by atoms with Gasteiger partial charge in [-0.2, -0.15) is 5.10 Å². The normalized spacial score (nSPS) is 18.4. The number of phenols is 1. The van der Waals surface area contributed by atoms with Gasteiger partial charge in [0.2, 0.25) is 0 Å². The summed E-state index contributed by atoms with van der Waals surface area (Å²) < 4.78 is 0. The zero-order valence-electron chi connectivity index (χ0n) is 12.7. The summed E-state index contributed by atoms with van der Waals surface area (Å²) in [4.78, 5) is 14.8. The van der Waals surface area contributed by atoms with E-state index in [2.05, 4.69) is 10.2 Å². The van der Waals surface area contributed by atoms with Crippen molar-refractivity contribution in [3.8, 4) is 5.75 Å². The fraction of sp³-hybridized carbons (Fsp3) is 0.412. The fourth-order valence-corrected chi connectivity index (χ4v) is 3.12. The Morgan fingerprint density at radius 3 is 3.00 bits per heavy atom. The lowest BCUT2D eigenvalue weighted by molar-refractivity contribution is 0.0606. The van der Waals surface area contributed by atoms with Crippen molar-refractivity contribution in [3.63, 3.8) is 0 Å². The molecule has 0 aliphatic carbocycles. The number of nitrogens with one attached hydrogen (secondary N) is 1. The van der Waals surface area contributed by atoms with Crippen LogP contribution >= 0.6 is 0 Å². The number of aryl methyl sites for hydroxylation is 1. The molecule has 1 aromatic carbocycles. The number of likely N-dealkylation sites (tertiary alicyclic amines) is 1. The second kappa shape index (κ2) is 6.22. The number of benzene rings is 1. The summed E-state index contributed by atoms with van der Waals surface area (Å²) in [6, 6.07) is 7.11. The highest BCUT2D eigenvalue weighted by molar-refractivity contribution is 5.95. The first kappa shape index (κ1) is 14.6. The van der Waals surface area contributed by atoms with E-state index in [4.69, 9.17) is 0 Å². The highest BCUT2D eigenvalue weighted by Crippen LogP contribution is 2.31. The number of carbonyl (C=O) groups excluding carboxylic acids is 1. The summed E-state index contributed by atoms with van der Waals surface area (Å²) in [5.41, 5.74) is 2.43. The first-order chi connectivity index (χ1) is 10.7. The third kappa shape index (κ3) is 2.71. The van der Waals surface area contributed by atoms with E-state index in [0.717, 1.165) is 37.1 Å². The number of hydrogen-bond donors (Lipinski definition) is 2. The summed E-state index contributed by atoms with van der Waals surface area (Å²) in [5, 5.41) is 16.8. The Morgan fingerprint density at radius 2 is 2.27 bits per heavy atom. The molecule has 116 valence electrons. The molecule has 2 N–H and O–H groups in total. The minimum absolute atomic E-state index is 0.0222. The van der Waals surface area contributed by atoms with Crippen LogP contribution in [0.3, 0.4) is 0 Å². The largest absolute Gasteiger partial charge is 0.508 e. The van der Waals surface area contributed by atoms with Crippen LogP contribution < -0.4 is 0 Å². The molecule has 2 heterocycles. The lowest BCUT2D eigenvalue weighted by Crippen LogP contribution is -2.38. The van der Waals surface area contributed by atoms with Gasteiger partial charge in [0.05, 0.1) is 11.7 Å². The van der Waals surface area contributed by atoms with Gasteiger partial charge in [0.25, 0.3) is 5.91 Å². The third-order valence-corrected chi connectivity index (χ3v) is 4.35. The van der Waals surface area contributed by atoms with Crippen LogP contribution in [0.4, 0.5) is 0 Å². The quantitative estimate of drug-likeness (QED) is 0.915. The number of rotatable bonds is 3. The van der Waals surface area contributed by atoms with E-state index in [-0.39, 0.29) is 17.7 Å². The van der Waals surface area contributed by atoms with Crippen LogP contribution in [0.5, 0.6) is 5.75 Å². The maximum Gasteiger partial charge on any atom is 0.254 e. The molecular weight excluding hydrogens is 278 g/mol. The van der Waals surface area contributed by atoms with E-state index in [9.17, 15) is 9.90 Å². The first-order valence-corrected chi connectivity index (χ1v) is 7.83. The molecule has 1 aliphatic rings. The Bertz CT molecular complexity index is 652. The number of hydrogen-bond acceptors (Lipinski definition) is 3. The molecule has 22 heavy (non-hydrogen) atoms. The molecule has 0 saturated carbocycles. The van der Waals surface area contributed by atoms with Gasteiger partial charge in [-0.15, -0.1) is 0 Å². The number of aromatic hydroxyl groups is 1. The standard InChI is InChI=1S/C17H21N3O2/c1-2-12-11-13(6-7-16(12)21)17(22)20-10-4-3-5-15(20)14-8-9-18-19-14/h6-9,11,15,21H,2-5,10H2,1H3,(H,18,19). The number of piperidine rings is 1. The van der Waals surface area contributed by atoms with Crippen LogP contribution in [0.1, 0.15) is 53.8 Å². The third-order valence-electron chi connectivity index (χ3n) is 4.35. The number of phenolic OH excluding ortho intramolecular Hbond substituents is 1. The Kier molecular flexibility index (Phi) is 4.13. The predicted molar refractivity (Wildman–Crippen MR) is 83.7 cm³/mol. The van der Waals surface area contributed by atoms with Crippen molar-refractivity contribution in [1.29, 1.82) is 0 Å². The maximum absolute atomic E-state index is 12.9. The van der Waals surface area contributed by atoms with Crippen molar-refractivity contribution < 1.29 is 9.90 Å². The minimum Gasteiger partial charge on any atom is -0.508 e. The Hall–Kier alpha value is -2.30. The topological polar surface area (TPSA) is 69.2 Å². The maximum atomic E-state index is 12.9. The van der Waals surface area contributed by atoms with Crippen molar-refractivity contribution >= 4 is 5.91 Å². The molecule has 1 fully saturated rings. The molecule has 1 atom stereocenters. The van der Waals surface area contributed by atoms with Crippen LogP contribution in [-0.2, 0) is 6.42 Å².